The fourth-order valence-corrected chi connectivity index (χ4v) is 1.40. The number of hydrogen-bond donors (Lipinski definition) is 0. The van der Waals surface area contributed by atoms with Crippen LogP contribution in [0.3, 0.4) is 0 Å². The van der Waals surface area contributed by atoms with Gasteiger partial charge in [0.2, 0.25) is 0 Å². The van der Waals surface area contributed by atoms with Crippen molar-refractivity contribution in [1.29, 1.82) is 0 Å². The highest BCUT2D eigenvalue weighted by molar-refractivity contribution is 6.32. The molecule has 0 bridgehead atoms. The SMILES string of the molecule is C=CCOc1c(Cl)cccc1C(=O)OCC. The highest BCUT2D eigenvalue weighted by Crippen LogP contribution is 2.29. The summed E-state index contributed by atoms with van der Waals surface area (Å²) in [5.41, 5.74) is 0.330. The average molecular weight is 241 g/mol. The van der Waals surface area contributed by atoms with Gasteiger partial charge in [0.15, 0.2) is 5.75 Å². The first-order valence-corrected chi connectivity index (χ1v) is 5.27. The molecule has 1 aromatic carbocycles. The summed E-state index contributed by atoms with van der Waals surface area (Å²) < 4.78 is 10.2. The van der Waals surface area contributed by atoms with Gasteiger partial charge in [0.25, 0.3) is 0 Å². The second-order valence-electron chi connectivity index (χ2n) is 2.94. The molecule has 0 aliphatic heterocycles. The molecule has 0 amide bonds. The lowest BCUT2D eigenvalue weighted by Crippen LogP contribution is -2.08. The Balaban J connectivity index is 3.01. The summed E-state index contributed by atoms with van der Waals surface area (Å²) in [7, 11) is 0. The van der Waals surface area contributed by atoms with Crippen LogP contribution < -0.4 is 4.74 Å². The van der Waals surface area contributed by atoms with Crippen molar-refractivity contribution in [3.05, 3.63) is 41.4 Å². The van der Waals surface area contributed by atoms with Crippen LogP contribution in [0, 0.1) is 0 Å². The van der Waals surface area contributed by atoms with E-state index in [1.807, 2.05) is 0 Å². The largest absolute Gasteiger partial charge is 0.487 e. The van der Waals surface area contributed by atoms with E-state index in [-0.39, 0.29) is 6.61 Å². The second-order valence-corrected chi connectivity index (χ2v) is 3.34. The third-order valence-corrected chi connectivity index (χ3v) is 2.11. The summed E-state index contributed by atoms with van der Waals surface area (Å²) >= 11 is 5.94. The van der Waals surface area contributed by atoms with Crippen LogP contribution in [0.5, 0.6) is 5.75 Å². The molecular weight excluding hydrogens is 228 g/mol. The minimum atomic E-state index is -0.441. The van der Waals surface area contributed by atoms with E-state index in [9.17, 15) is 4.79 Å². The van der Waals surface area contributed by atoms with Crippen LogP contribution in [0.2, 0.25) is 5.02 Å². The van der Waals surface area contributed by atoms with Gasteiger partial charge in [-0.2, -0.15) is 0 Å². The number of para-hydroxylation sites is 1. The fourth-order valence-electron chi connectivity index (χ4n) is 1.17. The molecule has 3 nitrogen and oxygen atoms in total. The molecule has 16 heavy (non-hydrogen) atoms. The molecule has 86 valence electrons. The van der Waals surface area contributed by atoms with Crippen LogP contribution in [0.1, 0.15) is 17.3 Å². The van der Waals surface area contributed by atoms with Crippen LogP contribution in [0.4, 0.5) is 0 Å². The number of benzene rings is 1. The Hall–Kier alpha value is -1.48. The summed E-state index contributed by atoms with van der Waals surface area (Å²) in [6, 6.07) is 4.94. The van der Waals surface area contributed by atoms with Crippen molar-refractivity contribution >= 4 is 17.6 Å². The molecule has 0 radical (unpaired) electrons. The normalized spacial score (nSPS) is 9.62. The maximum atomic E-state index is 11.6. The second kappa shape index (κ2) is 6.18. The number of carbonyl (C=O) groups excluding carboxylic acids is 1. The lowest BCUT2D eigenvalue weighted by Gasteiger charge is -2.10. The zero-order valence-electron chi connectivity index (χ0n) is 9.03. The van der Waals surface area contributed by atoms with Gasteiger partial charge in [0, 0.05) is 0 Å². The number of hydrogen-bond acceptors (Lipinski definition) is 3. The Morgan fingerprint density at radius 2 is 2.31 bits per heavy atom. The standard InChI is InChI=1S/C12H13ClO3/c1-3-8-16-11-9(12(14)15-4-2)6-5-7-10(11)13/h3,5-7H,1,4,8H2,2H3. The van der Waals surface area contributed by atoms with Gasteiger partial charge in [0.05, 0.1) is 11.6 Å². The highest BCUT2D eigenvalue weighted by Gasteiger charge is 2.15. The Bertz CT molecular complexity index is 388. The first-order valence-electron chi connectivity index (χ1n) is 4.90. The predicted molar refractivity (Wildman–Crippen MR) is 63.1 cm³/mol. The number of rotatable bonds is 5. The van der Waals surface area contributed by atoms with E-state index < -0.39 is 5.97 Å². The third kappa shape index (κ3) is 3.00. The smallest absolute Gasteiger partial charge is 0.341 e. The van der Waals surface area contributed by atoms with Crippen LogP contribution in [-0.2, 0) is 4.74 Å². The molecule has 0 saturated carbocycles. The van der Waals surface area contributed by atoms with Crippen molar-refractivity contribution in [2.75, 3.05) is 13.2 Å². The molecule has 0 heterocycles. The van der Waals surface area contributed by atoms with Gasteiger partial charge >= 0.3 is 5.97 Å². The topological polar surface area (TPSA) is 35.5 Å². The zero-order chi connectivity index (χ0) is 12.0. The Kier molecular flexibility index (Phi) is 4.86. The van der Waals surface area contributed by atoms with Gasteiger partial charge in [-0.3, -0.25) is 0 Å². The van der Waals surface area contributed by atoms with E-state index in [0.29, 0.717) is 22.9 Å². The number of carbonyl (C=O) groups is 1. The van der Waals surface area contributed by atoms with Crippen molar-refractivity contribution in [3.8, 4) is 5.75 Å². The lowest BCUT2D eigenvalue weighted by atomic mass is 10.2. The molecule has 0 aliphatic carbocycles. The van der Waals surface area contributed by atoms with E-state index >= 15 is 0 Å². The molecule has 1 aromatic rings. The van der Waals surface area contributed by atoms with Crippen molar-refractivity contribution in [3.63, 3.8) is 0 Å². The van der Waals surface area contributed by atoms with Crippen molar-refractivity contribution in [1.82, 2.24) is 0 Å². The van der Waals surface area contributed by atoms with E-state index in [1.54, 1.807) is 31.2 Å². The van der Waals surface area contributed by atoms with Gasteiger partial charge in [-0.15, -0.1) is 0 Å². The molecule has 0 aromatic heterocycles. The summed E-state index contributed by atoms with van der Waals surface area (Å²) in [6.07, 6.45) is 1.58. The van der Waals surface area contributed by atoms with Gasteiger partial charge in [-0.05, 0) is 19.1 Å². The highest BCUT2D eigenvalue weighted by atomic mass is 35.5. The Morgan fingerprint density at radius 3 is 2.94 bits per heavy atom. The zero-order valence-corrected chi connectivity index (χ0v) is 9.79. The lowest BCUT2D eigenvalue weighted by molar-refractivity contribution is 0.0522. The quantitative estimate of drug-likeness (QED) is 0.586. The monoisotopic (exact) mass is 240 g/mol. The van der Waals surface area contributed by atoms with Crippen molar-refractivity contribution in [2.24, 2.45) is 0 Å². The molecule has 0 atom stereocenters. The van der Waals surface area contributed by atoms with Gasteiger partial charge in [-0.25, -0.2) is 4.79 Å². The molecule has 0 N–H and O–H groups in total. The summed E-state index contributed by atoms with van der Waals surface area (Å²) in [4.78, 5) is 11.6. The molecule has 0 unspecified atom stereocenters. The molecular formula is C12H13ClO3. The summed E-state index contributed by atoms with van der Waals surface area (Å²) in [5.74, 6) is -0.105. The number of esters is 1. The number of halogens is 1. The van der Waals surface area contributed by atoms with Gasteiger partial charge in [-0.1, -0.05) is 30.3 Å². The maximum absolute atomic E-state index is 11.6. The van der Waals surface area contributed by atoms with E-state index in [4.69, 9.17) is 21.1 Å². The van der Waals surface area contributed by atoms with E-state index in [1.165, 1.54) is 0 Å². The van der Waals surface area contributed by atoms with Crippen LogP contribution in [-0.4, -0.2) is 19.2 Å². The minimum absolute atomic E-state index is 0.288. The molecule has 4 heteroatoms. The molecule has 0 spiro atoms. The molecule has 0 aliphatic rings. The van der Waals surface area contributed by atoms with E-state index in [0.717, 1.165) is 0 Å². The molecule has 0 saturated heterocycles. The average Bonchev–Trinajstić information content (AvgIpc) is 2.27. The predicted octanol–water partition coefficient (Wildman–Crippen LogP) is 3.08. The number of ether oxygens (including phenoxy) is 2. The summed E-state index contributed by atoms with van der Waals surface area (Å²) in [6.45, 7) is 5.87. The third-order valence-electron chi connectivity index (χ3n) is 1.81. The maximum Gasteiger partial charge on any atom is 0.341 e. The van der Waals surface area contributed by atoms with E-state index in [2.05, 4.69) is 6.58 Å². The molecule has 0 fully saturated rings. The van der Waals surface area contributed by atoms with Crippen LogP contribution in [0.25, 0.3) is 0 Å². The van der Waals surface area contributed by atoms with Crippen molar-refractivity contribution in [2.45, 2.75) is 6.92 Å². The van der Waals surface area contributed by atoms with Gasteiger partial charge < -0.3 is 9.47 Å². The molecule has 1 rings (SSSR count). The van der Waals surface area contributed by atoms with Crippen LogP contribution >= 0.6 is 11.6 Å². The summed E-state index contributed by atoms with van der Waals surface area (Å²) in [5, 5.41) is 0.382. The Morgan fingerprint density at radius 1 is 1.56 bits per heavy atom. The first-order chi connectivity index (χ1) is 7.70. The van der Waals surface area contributed by atoms with Crippen molar-refractivity contribution < 1.29 is 14.3 Å². The fraction of sp³-hybridized carbons (Fsp3) is 0.250. The van der Waals surface area contributed by atoms with Crippen LogP contribution in [0.15, 0.2) is 30.9 Å². The Labute approximate surface area is 99.6 Å². The first kappa shape index (κ1) is 12.6. The minimum Gasteiger partial charge on any atom is -0.487 e. The van der Waals surface area contributed by atoms with Gasteiger partial charge in [0.1, 0.15) is 12.2 Å².